The van der Waals surface area contributed by atoms with Crippen LogP contribution in [-0.2, 0) is 18.4 Å². The minimum atomic E-state index is -4.58. The standard InChI is InChI=1S/C54H101N2O6P/c1-6-8-10-12-14-16-17-18-19-20-21-22-23-24-25-26-27-28-29-30-31-32-33-34-35-36-37-38-39-40-42-44-46-48-54(58)55-52(51-62-63(59,60)61-50-49-56(3,4)5)53(57)47-45-43-41-15-13-11-9-7-2/h8,10,14,16,18-19,21-22,45,47,52-53,57H,6-7,9,11-13,15,17,20,23-44,46,48-51H2,1-5H3,(H-,55,58,59,60)/b10-8-,16-14-,19-18-,22-21-,47-45+. The zero-order valence-corrected chi connectivity index (χ0v) is 42.7. The van der Waals surface area contributed by atoms with Crippen molar-refractivity contribution >= 4 is 13.7 Å². The minimum Gasteiger partial charge on any atom is -0.756 e. The SMILES string of the molecule is CC/C=C\C/C=C\C/C=C\C/C=C\CCCCCCCCCCCCCCCCCCCCCCC(=O)NC(COP(=O)([O-])OCC[N+](C)(C)C)C(O)/C=C/CCCCCCCC. The first kappa shape index (κ1) is 61.2. The highest BCUT2D eigenvalue weighted by atomic mass is 31.2. The zero-order chi connectivity index (χ0) is 46.4. The lowest BCUT2D eigenvalue weighted by Crippen LogP contribution is -2.45. The van der Waals surface area contributed by atoms with Crippen LogP contribution >= 0.6 is 7.82 Å². The molecule has 2 N–H and O–H groups in total. The molecule has 9 heteroatoms. The van der Waals surface area contributed by atoms with E-state index >= 15 is 0 Å². The molecule has 8 nitrogen and oxygen atoms in total. The van der Waals surface area contributed by atoms with E-state index in [9.17, 15) is 19.4 Å². The van der Waals surface area contributed by atoms with Crippen molar-refractivity contribution in [1.29, 1.82) is 0 Å². The van der Waals surface area contributed by atoms with Crippen molar-refractivity contribution in [3.63, 3.8) is 0 Å². The van der Waals surface area contributed by atoms with Crippen LogP contribution in [0.1, 0.15) is 226 Å². The third-order valence-corrected chi connectivity index (χ3v) is 12.4. The van der Waals surface area contributed by atoms with Crippen LogP contribution in [-0.4, -0.2) is 68.5 Å². The Morgan fingerprint density at radius 1 is 0.571 bits per heavy atom. The van der Waals surface area contributed by atoms with Crippen LogP contribution in [0.5, 0.6) is 0 Å². The highest BCUT2D eigenvalue weighted by Gasteiger charge is 2.23. The second kappa shape index (κ2) is 45.4. The summed E-state index contributed by atoms with van der Waals surface area (Å²) in [5, 5.41) is 13.7. The summed E-state index contributed by atoms with van der Waals surface area (Å²) >= 11 is 0. The van der Waals surface area contributed by atoms with Crippen molar-refractivity contribution < 1.29 is 32.9 Å². The number of aliphatic hydroxyl groups excluding tert-OH is 1. The number of aliphatic hydroxyl groups is 1. The van der Waals surface area contributed by atoms with Gasteiger partial charge in [-0.2, -0.15) is 0 Å². The van der Waals surface area contributed by atoms with Crippen molar-refractivity contribution in [3.8, 4) is 0 Å². The molecule has 0 rings (SSSR count). The number of carbonyl (C=O) groups is 1. The van der Waals surface area contributed by atoms with Gasteiger partial charge in [0.25, 0.3) is 7.82 Å². The quantitative estimate of drug-likeness (QED) is 0.0273. The van der Waals surface area contributed by atoms with Gasteiger partial charge in [0.05, 0.1) is 39.9 Å². The molecule has 3 atom stereocenters. The molecule has 3 unspecified atom stereocenters. The number of amides is 1. The van der Waals surface area contributed by atoms with Crippen LogP contribution in [0.4, 0.5) is 0 Å². The van der Waals surface area contributed by atoms with E-state index in [2.05, 4.69) is 67.8 Å². The summed E-state index contributed by atoms with van der Waals surface area (Å²) < 4.78 is 23.2. The second-order valence-corrected chi connectivity index (χ2v) is 20.3. The predicted octanol–water partition coefficient (Wildman–Crippen LogP) is 14.7. The average Bonchev–Trinajstić information content (AvgIpc) is 3.24. The molecular weight excluding hydrogens is 804 g/mol. The van der Waals surface area contributed by atoms with Gasteiger partial charge in [-0.1, -0.05) is 222 Å². The topological polar surface area (TPSA) is 108 Å². The van der Waals surface area contributed by atoms with Gasteiger partial charge in [-0.05, 0) is 57.8 Å². The number of hydrogen-bond acceptors (Lipinski definition) is 6. The molecule has 0 aromatic heterocycles. The fraction of sp³-hybridized carbons (Fsp3) is 0.796. The summed E-state index contributed by atoms with van der Waals surface area (Å²) in [6, 6.07) is -0.883. The number of nitrogens with zero attached hydrogens (tertiary/aromatic N) is 1. The lowest BCUT2D eigenvalue weighted by Gasteiger charge is -2.29. The summed E-state index contributed by atoms with van der Waals surface area (Å²) in [4.78, 5) is 25.3. The predicted molar refractivity (Wildman–Crippen MR) is 270 cm³/mol. The van der Waals surface area contributed by atoms with Gasteiger partial charge in [-0.3, -0.25) is 9.36 Å². The van der Waals surface area contributed by atoms with Crippen molar-refractivity contribution in [1.82, 2.24) is 5.32 Å². The zero-order valence-electron chi connectivity index (χ0n) is 41.8. The number of phosphoric acid groups is 1. The van der Waals surface area contributed by atoms with E-state index in [4.69, 9.17) is 9.05 Å². The van der Waals surface area contributed by atoms with Gasteiger partial charge in [-0.25, -0.2) is 0 Å². The second-order valence-electron chi connectivity index (χ2n) is 18.9. The number of unbranched alkanes of at least 4 members (excludes halogenated alkanes) is 26. The molecule has 0 radical (unpaired) electrons. The monoisotopic (exact) mass is 905 g/mol. The third kappa shape index (κ3) is 48.0. The first-order valence-corrected chi connectivity index (χ1v) is 27.6. The van der Waals surface area contributed by atoms with Crippen molar-refractivity contribution in [2.45, 2.75) is 238 Å². The summed E-state index contributed by atoms with van der Waals surface area (Å²) in [6.07, 6.45) is 60.3. The molecule has 368 valence electrons. The van der Waals surface area contributed by atoms with E-state index < -0.39 is 20.0 Å². The number of likely N-dealkylation sites (N-methyl/N-ethyl adjacent to an activating group) is 1. The Morgan fingerprint density at radius 2 is 0.968 bits per heavy atom. The normalized spacial score (nSPS) is 14.6. The Bertz CT molecular complexity index is 1210. The Hall–Kier alpha value is -1.80. The van der Waals surface area contributed by atoms with E-state index in [0.29, 0.717) is 17.4 Å². The largest absolute Gasteiger partial charge is 0.756 e. The van der Waals surface area contributed by atoms with Crippen molar-refractivity contribution in [3.05, 3.63) is 60.8 Å². The maximum atomic E-state index is 12.8. The van der Waals surface area contributed by atoms with Gasteiger partial charge in [0.1, 0.15) is 13.2 Å². The molecule has 0 aliphatic carbocycles. The molecule has 63 heavy (non-hydrogen) atoms. The average molecular weight is 905 g/mol. The number of nitrogens with one attached hydrogen (secondary N) is 1. The summed E-state index contributed by atoms with van der Waals surface area (Å²) in [5.74, 6) is -0.200. The van der Waals surface area contributed by atoms with Crippen LogP contribution in [0.25, 0.3) is 0 Å². The fourth-order valence-electron chi connectivity index (χ4n) is 7.38. The van der Waals surface area contributed by atoms with Crippen LogP contribution in [0.2, 0.25) is 0 Å². The molecule has 0 saturated carbocycles. The van der Waals surface area contributed by atoms with Crippen LogP contribution < -0.4 is 10.2 Å². The minimum absolute atomic E-state index is 0.00144. The van der Waals surface area contributed by atoms with E-state index in [1.807, 2.05) is 27.2 Å². The molecule has 0 fully saturated rings. The number of carbonyl (C=O) groups excluding carboxylic acids is 1. The van der Waals surface area contributed by atoms with Crippen LogP contribution in [0, 0.1) is 0 Å². The van der Waals surface area contributed by atoms with Gasteiger partial charge < -0.3 is 28.8 Å². The third-order valence-electron chi connectivity index (χ3n) is 11.5. The molecule has 0 saturated heterocycles. The fourth-order valence-corrected chi connectivity index (χ4v) is 8.10. The molecule has 1 amide bonds. The number of quaternary nitrogens is 1. The Labute approximate surface area is 390 Å². The van der Waals surface area contributed by atoms with Crippen LogP contribution in [0.15, 0.2) is 60.8 Å². The Kier molecular flexibility index (Phi) is 44.1. The van der Waals surface area contributed by atoms with Crippen LogP contribution in [0.3, 0.4) is 0 Å². The Morgan fingerprint density at radius 3 is 1.41 bits per heavy atom. The molecule has 0 aromatic carbocycles. The molecule has 0 bridgehead atoms. The molecule has 0 heterocycles. The lowest BCUT2D eigenvalue weighted by atomic mass is 10.0. The van der Waals surface area contributed by atoms with Gasteiger partial charge >= 0.3 is 0 Å². The highest BCUT2D eigenvalue weighted by Crippen LogP contribution is 2.38. The van der Waals surface area contributed by atoms with E-state index in [1.54, 1.807) is 6.08 Å². The Balaban J connectivity index is 3.91. The van der Waals surface area contributed by atoms with Gasteiger partial charge in [0.15, 0.2) is 0 Å². The first-order valence-electron chi connectivity index (χ1n) is 26.2. The van der Waals surface area contributed by atoms with Crippen molar-refractivity contribution in [2.75, 3.05) is 40.9 Å². The van der Waals surface area contributed by atoms with E-state index in [-0.39, 0.29) is 19.1 Å². The summed E-state index contributed by atoms with van der Waals surface area (Å²) in [5.41, 5.74) is 0. The smallest absolute Gasteiger partial charge is 0.268 e. The lowest BCUT2D eigenvalue weighted by molar-refractivity contribution is -0.870. The highest BCUT2D eigenvalue weighted by molar-refractivity contribution is 7.45. The van der Waals surface area contributed by atoms with E-state index in [1.165, 1.54) is 141 Å². The summed E-state index contributed by atoms with van der Waals surface area (Å²) in [6.45, 7) is 4.49. The van der Waals surface area contributed by atoms with Gasteiger partial charge in [-0.15, -0.1) is 0 Å². The molecule has 0 aliphatic rings. The van der Waals surface area contributed by atoms with E-state index in [0.717, 1.165) is 64.2 Å². The number of phosphoric ester groups is 1. The first-order chi connectivity index (χ1) is 30.5. The van der Waals surface area contributed by atoms with Gasteiger partial charge in [0, 0.05) is 6.42 Å². The number of rotatable bonds is 47. The molecule has 0 aromatic rings. The number of hydrogen-bond donors (Lipinski definition) is 2. The maximum absolute atomic E-state index is 12.8. The number of allylic oxidation sites excluding steroid dienone is 9. The maximum Gasteiger partial charge on any atom is 0.268 e. The molecule has 0 spiro atoms. The van der Waals surface area contributed by atoms with Gasteiger partial charge in [0.2, 0.25) is 5.91 Å². The van der Waals surface area contributed by atoms with Crippen molar-refractivity contribution in [2.24, 2.45) is 0 Å². The molecule has 0 aliphatic heterocycles. The summed E-state index contributed by atoms with van der Waals surface area (Å²) in [7, 11) is 1.26. The molecular formula is C54H101N2O6P.